The molecule has 1 aromatic rings. The third kappa shape index (κ3) is 3.55. The van der Waals surface area contributed by atoms with Crippen molar-refractivity contribution in [3.63, 3.8) is 0 Å². The minimum atomic E-state index is -1.12. The van der Waals surface area contributed by atoms with Crippen molar-refractivity contribution in [2.75, 3.05) is 29.9 Å². The Hall–Kier alpha value is -1.79. The number of anilines is 2. The number of piperidine rings is 1. The Morgan fingerprint density at radius 1 is 1.18 bits per heavy atom. The summed E-state index contributed by atoms with van der Waals surface area (Å²) < 4.78 is 19.6. The van der Waals surface area contributed by atoms with Gasteiger partial charge in [0.1, 0.15) is 9.52 Å². The zero-order valence-electron chi connectivity index (χ0n) is 19.8. The lowest BCUT2D eigenvalue weighted by Gasteiger charge is -2.44. The molecule has 0 aromatic heterocycles. The first-order valence-corrected chi connectivity index (χ1v) is 14.2. The van der Waals surface area contributed by atoms with E-state index < -0.39 is 11.0 Å². The van der Waals surface area contributed by atoms with Gasteiger partial charge in [0.25, 0.3) is 0 Å². The van der Waals surface area contributed by atoms with Gasteiger partial charge in [0.05, 0.1) is 27.3 Å². The normalized spacial score (nSPS) is 22.1. The van der Waals surface area contributed by atoms with Crippen molar-refractivity contribution >= 4 is 45.3 Å². The Balaban J connectivity index is 1.30. The molecule has 1 aromatic carbocycles. The summed E-state index contributed by atoms with van der Waals surface area (Å²) in [5, 5.41) is 12.1. The molecule has 4 heterocycles. The average molecular weight is 592 g/mol. The fourth-order valence-electron chi connectivity index (χ4n) is 5.76. The number of fused-ring (bicyclic) bond motifs is 4. The van der Waals surface area contributed by atoms with E-state index in [-0.39, 0.29) is 16.2 Å². The monoisotopic (exact) mass is 591 g/mol. The second-order valence-corrected chi connectivity index (χ2v) is 13.7. The van der Waals surface area contributed by atoms with Crippen molar-refractivity contribution in [2.45, 2.75) is 57.4 Å². The number of benzene rings is 1. The summed E-state index contributed by atoms with van der Waals surface area (Å²) in [6.07, 6.45) is 3.07. The summed E-state index contributed by atoms with van der Waals surface area (Å²) in [6.45, 7) is 9.73. The minimum Gasteiger partial charge on any atom is -0.369 e. The number of aromatic nitrogens is 4. The van der Waals surface area contributed by atoms with Crippen LogP contribution >= 0.6 is 22.6 Å². The second kappa shape index (κ2) is 8.12. The van der Waals surface area contributed by atoms with Crippen molar-refractivity contribution in [1.29, 1.82) is 0 Å². The summed E-state index contributed by atoms with van der Waals surface area (Å²) in [6, 6.07) is 8.79. The Morgan fingerprint density at radius 3 is 2.71 bits per heavy atom. The third-order valence-corrected chi connectivity index (χ3v) is 9.91. The SMILES string of the molecule is CC(C)(C)[S@](=O)N[C@@H]1c2ccccc2CC12CCN(c1nc3nnc(I)c-3c3n1CCN3)CC2. The van der Waals surface area contributed by atoms with Gasteiger partial charge in [-0.2, -0.15) is 4.98 Å². The first-order chi connectivity index (χ1) is 16.3. The van der Waals surface area contributed by atoms with Crippen LogP contribution in [-0.2, 0) is 24.0 Å². The molecule has 2 atom stereocenters. The van der Waals surface area contributed by atoms with Gasteiger partial charge in [0.15, 0.2) is 5.82 Å². The van der Waals surface area contributed by atoms with Gasteiger partial charge in [-0.15, -0.1) is 10.2 Å². The summed E-state index contributed by atoms with van der Waals surface area (Å²) in [4.78, 5) is 7.36. The molecule has 10 heteroatoms. The van der Waals surface area contributed by atoms with Crippen LogP contribution in [0.15, 0.2) is 24.3 Å². The smallest absolute Gasteiger partial charge is 0.209 e. The van der Waals surface area contributed by atoms with E-state index in [0.717, 1.165) is 66.5 Å². The lowest BCUT2D eigenvalue weighted by Crippen LogP contribution is -2.48. The number of hydrogen-bond acceptors (Lipinski definition) is 6. The fraction of sp³-hybridized carbons (Fsp3) is 0.542. The second-order valence-electron chi connectivity index (χ2n) is 10.7. The summed E-state index contributed by atoms with van der Waals surface area (Å²) in [5.74, 6) is 2.79. The first kappa shape index (κ1) is 22.7. The molecule has 6 rings (SSSR count). The molecule has 1 fully saturated rings. The molecule has 180 valence electrons. The molecule has 0 bridgehead atoms. The largest absolute Gasteiger partial charge is 0.369 e. The molecule has 2 N–H and O–H groups in total. The van der Waals surface area contributed by atoms with Gasteiger partial charge in [0, 0.05) is 26.2 Å². The molecule has 34 heavy (non-hydrogen) atoms. The van der Waals surface area contributed by atoms with E-state index in [1.807, 2.05) is 20.8 Å². The van der Waals surface area contributed by atoms with Gasteiger partial charge in [-0.3, -0.25) is 4.57 Å². The van der Waals surface area contributed by atoms with Crippen molar-refractivity contribution in [3.8, 4) is 11.4 Å². The van der Waals surface area contributed by atoms with E-state index in [4.69, 9.17) is 4.98 Å². The van der Waals surface area contributed by atoms with Crippen LogP contribution in [0.25, 0.3) is 11.4 Å². The maximum Gasteiger partial charge on any atom is 0.209 e. The lowest BCUT2D eigenvalue weighted by atomic mass is 9.73. The van der Waals surface area contributed by atoms with Crippen molar-refractivity contribution in [1.82, 2.24) is 24.5 Å². The van der Waals surface area contributed by atoms with Crippen LogP contribution in [0.2, 0.25) is 0 Å². The zero-order chi connectivity index (χ0) is 23.7. The Bertz CT molecular complexity index is 1240. The molecule has 0 amide bonds. The molecule has 0 unspecified atom stereocenters. The highest BCUT2D eigenvalue weighted by Crippen LogP contribution is 2.53. The molecule has 1 aliphatic carbocycles. The number of halogens is 1. The van der Waals surface area contributed by atoms with Crippen LogP contribution in [0.4, 0.5) is 11.8 Å². The molecule has 1 spiro atoms. The van der Waals surface area contributed by atoms with Gasteiger partial charge in [-0.1, -0.05) is 24.3 Å². The Morgan fingerprint density at radius 2 is 1.94 bits per heavy atom. The van der Waals surface area contributed by atoms with E-state index in [2.05, 4.69) is 76.6 Å². The van der Waals surface area contributed by atoms with Crippen LogP contribution in [0.3, 0.4) is 0 Å². The van der Waals surface area contributed by atoms with Gasteiger partial charge < -0.3 is 10.2 Å². The highest BCUT2D eigenvalue weighted by Gasteiger charge is 2.49. The van der Waals surface area contributed by atoms with Crippen LogP contribution in [0, 0.1) is 9.12 Å². The summed E-state index contributed by atoms with van der Waals surface area (Å²) in [5.41, 5.74) is 3.79. The molecular weight excluding hydrogens is 561 g/mol. The van der Waals surface area contributed by atoms with E-state index in [9.17, 15) is 4.21 Å². The Kier molecular flexibility index (Phi) is 5.41. The molecule has 1 saturated heterocycles. The number of hydrogen-bond donors (Lipinski definition) is 2. The van der Waals surface area contributed by atoms with E-state index in [1.54, 1.807) is 0 Å². The van der Waals surface area contributed by atoms with Gasteiger partial charge in [0.2, 0.25) is 5.95 Å². The number of rotatable bonds is 3. The van der Waals surface area contributed by atoms with Crippen LogP contribution in [-0.4, -0.2) is 48.3 Å². The summed E-state index contributed by atoms with van der Waals surface area (Å²) >= 11 is 2.24. The molecule has 0 radical (unpaired) electrons. The molecule has 0 saturated carbocycles. The highest BCUT2D eigenvalue weighted by atomic mass is 127. The fourth-order valence-corrected chi connectivity index (χ4v) is 7.31. The molecule has 5 aliphatic rings. The van der Waals surface area contributed by atoms with Crippen molar-refractivity contribution in [3.05, 3.63) is 39.1 Å². The molecule has 4 aliphatic heterocycles. The van der Waals surface area contributed by atoms with Gasteiger partial charge >= 0.3 is 0 Å². The minimum absolute atomic E-state index is 0.0623. The number of nitrogens with zero attached hydrogens (tertiary/aromatic N) is 5. The molecular formula is C24H30IN7OS. The van der Waals surface area contributed by atoms with E-state index in [1.165, 1.54) is 11.1 Å². The van der Waals surface area contributed by atoms with Crippen LogP contribution in [0.5, 0.6) is 0 Å². The maximum absolute atomic E-state index is 13.2. The highest BCUT2D eigenvalue weighted by molar-refractivity contribution is 14.1. The predicted molar refractivity (Wildman–Crippen MR) is 143 cm³/mol. The van der Waals surface area contributed by atoms with Crippen molar-refractivity contribution < 1.29 is 4.21 Å². The zero-order valence-corrected chi connectivity index (χ0v) is 22.7. The first-order valence-electron chi connectivity index (χ1n) is 11.9. The summed E-state index contributed by atoms with van der Waals surface area (Å²) in [7, 11) is -1.12. The standard InChI is InChI=1S/C24H30IN7OS/c1-23(2,3)34(33)30-18-16-7-5-4-6-15(16)14-24(18)8-11-31(12-9-24)22-27-20-17(19(25)28-29-20)21-26-10-13-32(21)22/h4-7,18,26,30H,8-14H2,1-3H3/t18-,34+/m1/s1. The topological polar surface area (TPSA) is 88.0 Å². The van der Waals surface area contributed by atoms with Gasteiger partial charge in [-0.25, -0.2) is 8.93 Å². The number of nitrogens with one attached hydrogen (secondary N) is 2. The van der Waals surface area contributed by atoms with Crippen LogP contribution in [0.1, 0.15) is 50.8 Å². The van der Waals surface area contributed by atoms with Crippen molar-refractivity contribution in [2.24, 2.45) is 5.41 Å². The Labute approximate surface area is 216 Å². The lowest BCUT2D eigenvalue weighted by molar-refractivity contribution is 0.176. The van der Waals surface area contributed by atoms with E-state index in [0.29, 0.717) is 5.82 Å². The third-order valence-electron chi connectivity index (χ3n) is 7.59. The van der Waals surface area contributed by atoms with E-state index >= 15 is 0 Å². The molecule has 8 nitrogen and oxygen atoms in total. The predicted octanol–water partition coefficient (Wildman–Crippen LogP) is 3.74. The van der Waals surface area contributed by atoms with Gasteiger partial charge in [-0.05, 0) is 79.2 Å². The maximum atomic E-state index is 13.2. The van der Waals surface area contributed by atoms with Crippen LogP contribution < -0.4 is 14.9 Å². The average Bonchev–Trinajstić information content (AvgIpc) is 3.50. The quantitative estimate of drug-likeness (QED) is 0.452.